The maximum absolute atomic E-state index is 10.8. The van der Waals surface area contributed by atoms with Crippen molar-refractivity contribution < 1.29 is 15.1 Å². The molecule has 0 aromatic carbocycles. The zero-order valence-electron chi connectivity index (χ0n) is 7.82. The number of allylic oxidation sites excluding steroid dienone is 4. The first-order valence-electron chi connectivity index (χ1n) is 3.91. The molecule has 0 aromatic heterocycles. The predicted octanol–water partition coefficient (Wildman–Crippen LogP) is 0.251. The summed E-state index contributed by atoms with van der Waals surface area (Å²) >= 11 is 0. The molecule has 1 aliphatic rings. The zero-order chi connectivity index (χ0) is 9.46. The van der Waals surface area contributed by atoms with Crippen molar-refractivity contribution in [3.05, 3.63) is 24.2 Å². The van der Waals surface area contributed by atoms with Gasteiger partial charge in [-0.25, -0.2) is 0 Å². The van der Waals surface area contributed by atoms with Crippen LogP contribution in [-0.4, -0.2) is 11.6 Å². The van der Waals surface area contributed by atoms with Crippen molar-refractivity contribution in [1.29, 1.82) is 0 Å². The van der Waals surface area contributed by atoms with E-state index in [9.17, 15) is 9.59 Å². The molecule has 0 atom stereocenters. The van der Waals surface area contributed by atoms with Gasteiger partial charge in [0, 0.05) is 0 Å². The van der Waals surface area contributed by atoms with Crippen LogP contribution in [0.3, 0.4) is 0 Å². The van der Waals surface area contributed by atoms with Gasteiger partial charge in [0.25, 0.3) is 0 Å². The van der Waals surface area contributed by atoms with Gasteiger partial charge in [-0.05, 0) is 24.2 Å². The fourth-order valence-corrected chi connectivity index (χ4v) is 0.290. The van der Waals surface area contributed by atoms with Gasteiger partial charge in [-0.15, -0.1) is 0 Å². The number of hydrogen-bond donors (Lipinski definition) is 0. The molecule has 8 heavy (non-hydrogen) atoms. The van der Waals surface area contributed by atoms with Gasteiger partial charge in [0.2, 0.25) is 0 Å². The highest BCUT2D eigenvalue weighted by molar-refractivity contribution is 6.14. The summed E-state index contributed by atoms with van der Waals surface area (Å²) in [6.07, 6.45) is 0. The molecule has 1 aliphatic carbocycles. The van der Waals surface area contributed by atoms with Crippen LogP contribution in [-0.2, 0) is 9.59 Å². The van der Waals surface area contributed by atoms with Gasteiger partial charge in [0.1, 0.15) is 0 Å². The Morgan fingerprint density at radius 1 is 1.00 bits per heavy atom. The lowest BCUT2D eigenvalue weighted by Gasteiger charge is -1.87. The Hall–Kier alpha value is -1.18. The highest BCUT2D eigenvalue weighted by Crippen LogP contribution is 1.90. The van der Waals surface area contributed by atoms with Gasteiger partial charge < -0.3 is 0 Å². The third-order valence-corrected chi connectivity index (χ3v) is 0.579. The minimum absolute atomic E-state index is 0.805. The minimum atomic E-state index is -1.04. The molecule has 40 valence electrons. The summed E-state index contributed by atoms with van der Waals surface area (Å²) in [7, 11) is 0. The third kappa shape index (κ3) is 0.904. The van der Waals surface area contributed by atoms with Crippen LogP contribution in [0.15, 0.2) is 24.2 Å². The van der Waals surface area contributed by atoms with Crippen LogP contribution in [0.4, 0.5) is 0 Å². The predicted molar refractivity (Wildman–Crippen MR) is 28.3 cm³/mol. The van der Waals surface area contributed by atoms with E-state index in [0.717, 1.165) is 0 Å². The van der Waals surface area contributed by atoms with Crippen LogP contribution < -0.4 is 0 Å². The average Bonchev–Trinajstić information content (AvgIpc) is 2.08. The Kier molecular flexibility index (Phi) is 0.429. The second-order valence-corrected chi connectivity index (χ2v) is 1.16. The van der Waals surface area contributed by atoms with Crippen molar-refractivity contribution in [3.63, 3.8) is 0 Å². The van der Waals surface area contributed by atoms with Gasteiger partial charge in [0.15, 0.2) is 11.6 Å². The largest absolute Gasteiger partial charge is 0.290 e. The Morgan fingerprint density at radius 3 is 1.50 bits per heavy atom. The fourth-order valence-electron chi connectivity index (χ4n) is 0.290. The second kappa shape index (κ2) is 1.74. The summed E-state index contributed by atoms with van der Waals surface area (Å²) in [6, 6.07) is -3.22. The van der Waals surface area contributed by atoms with Crippen molar-refractivity contribution in [2.75, 3.05) is 0 Å². The first kappa shape index (κ1) is 1.97. The molecule has 0 heterocycles. The molecular formula is C6H4O2. The quantitative estimate of drug-likeness (QED) is 0.421. The summed E-state index contributed by atoms with van der Waals surface area (Å²) in [6.45, 7) is 0. The van der Waals surface area contributed by atoms with Gasteiger partial charge >= 0.3 is 0 Å². The SMILES string of the molecule is [2H]C1=C([2H])C(=O)C([2H])=C([2H])C1=O. The number of hydrogen-bond acceptors (Lipinski definition) is 2. The van der Waals surface area contributed by atoms with Crippen LogP contribution in [0.5, 0.6) is 0 Å². The normalized spacial score (nSPS) is 29.5. The molecule has 2 nitrogen and oxygen atoms in total. The molecule has 0 N–H and O–H groups in total. The van der Waals surface area contributed by atoms with Crippen molar-refractivity contribution in [2.45, 2.75) is 0 Å². The van der Waals surface area contributed by atoms with Crippen LogP contribution in [0.1, 0.15) is 5.48 Å². The summed E-state index contributed by atoms with van der Waals surface area (Å²) in [5.74, 6) is -2.07. The van der Waals surface area contributed by atoms with Gasteiger partial charge in [-0.1, -0.05) is 0 Å². The molecule has 0 amide bonds. The van der Waals surface area contributed by atoms with E-state index < -0.39 is 35.8 Å². The monoisotopic (exact) mass is 112 g/mol. The van der Waals surface area contributed by atoms with Gasteiger partial charge in [-0.2, -0.15) is 0 Å². The van der Waals surface area contributed by atoms with E-state index in [1.165, 1.54) is 0 Å². The molecule has 0 fully saturated rings. The highest BCUT2D eigenvalue weighted by Gasteiger charge is 1.97. The van der Waals surface area contributed by atoms with Crippen LogP contribution in [0, 0.1) is 0 Å². The molecule has 1 rings (SSSR count). The highest BCUT2D eigenvalue weighted by atomic mass is 16.1. The molecule has 0 aromatic rings. The van der Waals surface area contributed by atoms with Crippen LogP contribution >= 0.6 is 0 Å². The third-order valence-electron chi connectivity index (χ3n) is 0.579. The maximum Gasteiger partial charge on any atom is 0.178 e. The Labute approximate surface area is 52.1 Å². The van der Waals surface area contributed by atoms with E-state index >= 15 is 0 Å². The first-order valence-corrected chi connectivity index (χ1v) is 1.91. The zero-order valence-corrected chi connectivity index (χ0v) is 3.82. The first-order chi connectivity index (χ1) is 5.46. The van der Waals surface area contributed by atoms with Crippen molar-refractivity contribution in [3.8, 4) is 0 Å². The number of rotatable bonds is 0. The van der Waals surface area contributed by atoms with E-state index in [4.69, 9.17) is 5.48 Å². The topological polar surface area (TPSA) is 34.1 Å². The van der Waals surface area contributed by atoms with E-state index in [0.29, 0.717) is 0 Å². The number of carbonyl (C=O) groups is 2. The van der Waals surface area contributed by atoms with E-state index in [-0.39, 0.29) is 0 Å². The standard InChI is InChI=1S/C6H4O2/c7-5-1-2-6(8)4-3-5/h1-4H/i1D,2D,3D,4D. The molecule has 2 heteroatoms. The van der Waals surface area contributed by atoms with Crippen molar-refractivity contribution in [2.24, 2.45) is 0 Å². The van der Waals surface area contributed by atoms with Crippen LogP contribution in [0.2, 0.25) is 0 Å². The second-order valence-electron chi connectivity index (χ2n) is 1.16. The van der Waals surface area contributed by atoms with Gasteiger partial charge in [0.05, 0.1) is 5.48 Å². The molecule has 0 unspecified atom stereocenters. The lowest BCUT2D eigenvalue weighted by molar-refractivity contribution is -0.113. The smallest absolute Gasteiger partial charge is 0.178 e. The molecule has 0 spiro atoms. The van der Waals surface area contributed by atoms with E-state index in [1.807, 2.05) is 0 Å². The Morgan fingerprint density at radius 2 is 1.25 bits per heavy atom. The summed E-state index contributed by atoms with van der Waals surface area (Å²) in [4.78, 5) is 21.6. The van der Waals surface area contributed by atoms with Crippen LogP contribution in [0.25, 0.3) is 0 Å². The molecule has 0 saturated heterocycles. The van der Waals surface area contributed by atoms with E-state index in [2.05, 4.69) is 0 Å². The minimum Gasteiger partial charge on any atom is -0.290 e. The summed E-state index contributed by atoms with van der Waals surface area (Å²) in [5, 5.41) is 0. The van der Waals surface area contributed by atoms with Crippen molar-refractivity contribution >= 4 is 11.6 Å². The molecule has 0 saturated carbocycles. The van der Waals surface area contributed by atoms with Gasteiger partial charge in [-0.3, -0.25) is 9.59 Å². The Bertz CT molecular complexity index is 277. The Balaban J connectivity index is 3.32. The van der Waals surface area contributed by atoms with Crippen molar-refractivity contribution in [1.82, 2.24) is 0 Å². The average molecular weight is 112 g/mol. The molecular weight excluding hydrogens is 104 g/mol. The number of carbonyl (C=O) groups excluding carboxylic acids is 2. The molecule has 0 radical (unpaired) electrons. The summed E-state index contributed by atoms with van der Waals surface area (Å²) in [5.41, 5.74) is 0. The lowest BCUT2D eigenvalue weighted by Crippen LogP contribution is -1.97. The van der Waals surface area contributed by atoms with E-state index in [1.54, 1.807) is 0 Å². The summed E-state index contributed by atoms with van der Waals surface area (Å²) < 4.78 is 27.7. The number of ketones is 2. The molecule has 0 aliphatic heterocycles. The lowest BCUT2D eigenvalue weighted by atomic mass is 10.2. The maximum atomic E-state index is 10.8. The fraction of sp³-hybridized carbons (Fsp3) is 0. The molecule has 0 bridgehead atoms.